The summed E-state index contributed by atoms with van der Waals surface area (Å²) >= 11 is 0. The predicted molar refractivity (Wildman–Crippen MR) is 67.3 cm³/mol. The maximum Gasteiger partial charge on any atom is 0.271 e. The molecule has 3 rings (SSSR count). The molecule has 0 aliphatic heterocycles. The number of carbonyl (C=O) groups excluding carboxylic acids is 1. The third-order valence-electron chi connectivity index (χ3n) is 3.10. The zero-order valence-electron chi connectivity index (χ0n) is 10.0. The summed E-state index contributed by atoms with van der Waals surface area (Å²) < 4.78 is 0. The van der Waals surface area contributed by atoms with Gasteiger partial charge in [0.1, 0.15) is 5.82 Å². The molecule has 0 atom stereocenters. The Bertz CT molecular complexity index is 660. The van der Waals surface area contributed by atoms with Gasteiger partial charge < -0.3 is 10.3 Å². The first-order valence-corrected chi connectivity index (χ1v) is 6.04. The Morgan fingerprint density at radius 3 is 3.00 bits per heavy atom. The molecular weight excluding hydrogens is 248 g/mol. The van der Waals surface area contributed by atoms with Crippen LogP contribution in [-0.4, -0.2) is 20.8 Å². The number of non-ortho nitro benzene ring substituents is 1. The highest BCUT2D eigenvalue weighted by molar-refractivity contribution is 5.81. The monoisotopic (exact) mass is 260 g/mol. The van der Waals surface area contributed by atoms with Gasteiger partial charge in [0, 0.05) is 18.1 Å². The van der Waals surface area contributed by atoms with E-state index in [1.54, 1.807) is 6.07 Å². The number of H-pyrrole nitrogens is 1. The van der Waals surface area contributed by atoms with E-state index in [2.05, 4.69) is 15.3 Å². The molecule has 7 heteroatoms. The van der Waals surface area contributed by atoms with Crippen LogP contribution < -0.4 is 5.32 Å². The van der Waals surface area contributed by atoms with Gasteiger partial charge in [-0.25, -0.2) is 4.98 Å². The minimum atomic E-state index is -0.450. The average molecular weight is 260 g/mol. The predicted octanol–water partition coefficient (Wildman–Crippen LogP) is 1.50. The number of nitro groups is 1. The smallest absolute Gasteiger partial charge is 0.271 e. The van der Waals surface area contributed by atoms with Crippen LogP contribution in [0.4, 0.5) is 5.69 Å². The van der Waals surface area contributed by atoms with E-state index in [0.717, 1.165) is 12.8 Å². The number of imidazole rings is 1. The minimum absolute atomic E-state index is 0.0183. The topological polar surface area (TPSA) is 101 Å². The molecule has 98 valence electrons. The van der Waals surface area contributed by atoms with Crippen molar-refractivity contribution in [3.63, 3.8) is 0 Å². The number of carbonyl (C=O) groups is 1. The summed E-state index contributed by atoms with van der Waals surface area (Å²) in [5.74, 6) is 0.807. The summed E-state index contributed by atoms with van der Waals surface area (Å²) in [4.78, 5) is 29.0. The molecule has 1 saturated carbocycles. The van der Waals surface area contributed by atoms with Crippen molar-refractivity contribution in [2.75, 3.05) is 0 Å². The number of benzene rings is 1. The molecule has 0 spiro atoms. The standard InChI is InChI=1S/C12H12N4O3/c17-12(7-1-2-7)13-6-11-14-9-4-3-8(16(18)19)5-10(9)15-11/h3-5,7H,1-2,6H2,(H,13,17)(H,14,15). The van der Waals surface area contributed by atoms with Crippen LogP contribution in [0.15, 0.2) is 18.2 Å². The Hall–Kier alpha value is -2.44. The van der Waals surface area contributed by atoms with Crippen LogP contribution >= 0.6 is 0 Å². The van der Waals surface area contributed by atoms with Crippen LogP contribution in [0.25, 0.3) is 11.0 Å². The third kappa shape index (κ3) is 2.40. The second-order valence-electron chi connectivity index (χ2n) is 4.63. The number of nitrogens with zero attached hydrogens (tertiary/aromatic N) is 2. The fraction of sp³-hybridized carbons (Fsp3) is 0.333. The van der Waals surface area contributed by atoms with Crippen LogP contribution in [0.1, 0.15) is 18.7 Å². The van der Waals surface area contributed by atoms with E-state index in [1.165, 1.54) is 12.1 Å². The molecule has 1 aromatic carbocycles. The second-order valence-corrected chi connectivity index (χ2v) is 4.63. The lowest BCUT2D eigenvalue weighted by atomic mass is 10.3. The van der Waals surface area contributed by atoms with Crippen LogP contribution in [0.2, 0.25) is 0 Å². The maximum atomic E-state index is 11.5. The van der Waals surface area contributed by atoms with Gasteiger partial charge in [0.25, 0.3) is 5.69 Å². The van der Waals surface area contributed by atoms with E-state index in [1.807, 2.05) is 0 Å². The summed E-state index contributed by atoms with van der Waals surface area (Å²) in [7, 11) is 0. The van der Waals surface area contributed by atoms with E-state index in [0.29, 0.717) is 23.4 Å². The molecule has 1 aliphatic carbocycles. The average Bonchev–Trinajstić information content (AvgIpc) is 3.15. The Morgan fingerprint density at radius 1 is 1.53 bits per heavy atom. The van der Waals surface area contributed by atoms with Crippen LogP contribution in [0, 0.1) is 16.0 Å². The molecule has 1 amide bonds. The van der Waals surface area contributed by atoms with Crippen molar-refractivity contribution < 1.29 is 9.72 Å². The van der Waals surface area contributed by atoms with Crippen molar-refractivity contribution >= 4 is 22.6 Å². The molecule has 1 fully saturated rings. The van der Waals surface area contributed by atoms with Crippen molar-refractivity contribution in [2.45, 2.75) is 19.4 Å². The fourth-order valence-corrected chi connectivity index (χ4v) is 1.91. The summed E-state index contributed by atoms with van der Waals surface area (Å²) in [5, 5.41) is 13.5. The van der Waals surface area contributed by atoms with E-state index in [-0.39, 0.29) is 17.5 Å². The second kappa shape index (κ2) is 4.34. The van der Waals surface area contributed by atoms with E-state index < -0.39 is 4.92 Å². The molecule has 0 radical (unpaired) electrons. The van der Waals surface area contributed by atoms with Gasteiger partial charge in [-0.05, 0) is 18.9 Å². The number of aromatic nitrogens is 2. The number of fused-ring (bicyclic) bond motifs is 1. The van der Waals surface area contributed by atoms with Gasteiger partial charge in [0.15, 0.2) is 0 Å². The Balaban J connectivity index is 1.76. The fourth-order valence-electron chi connectivity index (χ4n) is 1.91. The van der Waals surface area contributed by atoms with Crippen molar-refractivity contribution in [1.82, 2.24) is 15.3 Å². The Kier molecular flexibility index (Phi) is 2.66. The first-order chi connectivity index (χ1) is 9.13. The van der Waals surface area contributed by atoms with E-state index in [9.17, 15) is 14.9 Å². The molecule has 1 aromatic heterocycles. The molecule has 2 N–H and O–H groups in total. The summed E-state index contributed by atoms with van der Waals surface area (Å²) in [6.45, 7) is 0.317. The Labute approximate surface area is 108 Å². The third-order valence-corrected chi connectivity index (χ3v) is 3.10. The highest BCUT2D eigenvalue weighted by atomic mass is 16.6. The van der Waals surface area contributed by atoms with Gasteiger partial charge in [0.2, 0.25) is 5.91 Å². The SMILES string of the molecule is O=C(NCc1nc2ccc([N+](=O)[O-])cc2[nH]1)C1CC1. The number of nitrogens with one attached hydrogen (secondary N) is 2. The number of aromatic amines is 1. The lowest BCUT2D eigenvalue weighted by Crippen LogP contribution is -2.24. The summed E-state index contributed by atoms with van der Waals surface area (Å²) in [5.41, 5.74) is 1.27. The quantitative estimate of drug-likeness (QED) is 0.642. The number of amides is 1. The highest BCUT2D eigenvalue weighted by Crippen LogP contribution is 2.28. The molecule has 7 nitrogen and oxygen atoms in total. The number of hydrogen-bond acceptors (Lipinski definition) is 4. The zero-order valence-corrected chi connectivity index (χ0v) is 10.0. The highest BCUT2D eigenvalue weighted by Gasteiger charge is 2.29. The van der Waals surface area contributed by atoms with Gasteiger partial charge in [-0.1, -0.05) is 0 Å². The van der Waals surface area contributed by atoms with Crippen LogP contribution in [0.5, 0.6) is 0 Å². The van der Waals surface area contributed by atoms with E-state index in [4.69, 9.17) is 0 Å². The molecule has 0 saturated heterocycles. The first kappa shape index (κ1) is 11.6. The van der Waals surface area contributed by atoms with Crippen LogP contribution in [0.3, 0.4) is 0 Å². The first-order valence-electron chi connectivity index (χ1n) is 6.04. The van der Waals surface area contributed by atoms with Gasteiger partial charge in [-0.3, -0.25) is 14.9 Å². The zero-order chi connectivity index (χ0) is 13.4. The normalized spacial score (nSPS) is 14.5. The summed E-state index contributed by atoms with van der Waals surface area (Å²) in [6.07, 6.45) is 1.91. The molecular formula is C12H12N4O3. The van der Waals surface area contributed by atoms with Crippen LogP contribution in [-0.2, 0) is 11.3 Å². The number of hydrogen-bond donors (Lipinski definition) is 2. The molecule has 1 aliphatic rings. The lowest BCUT2D eigenvalue weighted by Gasteiger charge is -2.00. The van der Waals surface area contributed by atoms with Gasteiger partial charge in [-0.2, -0.15) is 0 Å². The molecule has 1 heterocycles. The van der Waals surface area contributed by atoms with Crippen molar-refractivity contribution in [3.8, 4) is 0 Å². The van der Waals surface area contributed by atoms with Gasteiger partial charge >= 0.3 is 0 Å². The van der Waals surface area contributed by atoms with Crippen molar-refractivity contribution in [3.05, 3.63) is 34.1 Å². The molecule has 0 bridgehead atoms. The molecule has 19 heavy (non-hydrogen) atoms. The van der Waals surface area contributed by atoms with E-state index >= 15 is 0 Å². The maximum absolute atomic E-state index is 11.5. The largest absolute Gasteiger partial charge is 0.349 e. The van der Waals surface area contributed by atoms with Crippen molar-refractivity contribution in [2.24, 2.45) is 5.92 Å². The van der Waals surface area contributed by atoms with Gasteiger partial charge in [-0.15, -0.1) is 0 Å². The Morgan fingerprint density at radius 2 is 2.32 bits per heavy atom. The van der Waals surface area contributed by atoms with Crippen molar-refractivity contribution in [1.29, 1.82) is 0 Å². The lowest BCUT2D eigenvalue weighted by molar-refractivity contribution is -0.384. The summed E-state index contributed by atoms with van der Waals surface area (Å²) in [6, 6.07) is 4.44. The number of rotatable bonds is 4. The van der Waals surface area contributed by atoms with Gasteiger partial charge in [0.05, 0.1) is 22.5 Å². The minimum Gasteiger partial charge on any atom is -0.349 e. The molecule has 0 unspecified atom stereocenters. The molecule has 2 aromatic rings. The number of nitro benzene ring substituents is 1.